The molecule has 2 rings (SSSR count). The number of aliphatic hydroxyl groups excluding tert-OH is 1. The Balaban J connectivity index is 0.00000112. The summed E-state index contributed by atoms with van der Waals surface area (Å²) in [5, 5.41) is 13.2. The van der Waals surface area contributed by atoms with Gasteiger partial charge in [0.25, 0.3) is 0 Å². The van der Waals surface area contributed by atoms with Crippen LogP contribution in [0.1, 0.15) is 31.4 Å². The Labute approximate surface area is 97.1 Å². The first-order valence-corrected chi connectivity index (χ1v) is 5.25. The van der Waals surface area contributed by atoms with Crippen molar-refractivity contribution in [2.45, 2.75) is 38.0 Å². The number of nitrogens with one attached hydrogen (secondary N) is 1. The standard InChI is InChI=1S/C12H17NO.ClH/c1-9-7-11(14)8-12(13-9)10-5-3-2-4-6-10;/h2-6,9,11-14H,7-8H2,1H3;1H/t9-,11+,12-;/m1./s1. The number of hydrogen-bond acceptors (Lipinski definition) is 2. The lowest BCUT2D eigenvalue weighted by atomic mass is 9.92. The van der Waals surface area contributed by atoms with E-state index in [1.807, 2.05) is 18.2 Å². The number of aliphatic hydroxyl groups is 1. The van der Waals surface area contributed by atoms with Crippen molar-refractivity contribution < 1.29 is 5.11 Å². The van der Waals surface area contributed by atoms with E-state index in [2.05, 4.69) is 24.4 Å². The van der Waals surface area contributed by atoms with Gasteiger partial charge in [0.2, 0.25) is 0 Å². The minimum atomic E-state index is -0.156. The molecule has 0 spiro atoms. The Kier molecular flexibility index (Phi) is 4.58. The van der Waals surface area contributed by atoms with Crippen LogP contribution in [0.25, 0.3) is 0 Å². The highest BCUT2D eigenvalue weighted by Crippen LogP contribution is 2.25. The first-order chi connectivity index (χ1) is 6.75. The lowest BCUT2D eigenvalue weighted by molar-refractivity contribution is 0.0975. The fraction of sp³-hybridized carbons (Fsp3) is 0.500. The molecule has 1 aromatic rings. The number of hydrogen-bond donors (Lipinski definition) is 2. The SMILES string of the molecule is C[C@@H]1C[C@H](O)C[C@H](c2ccccc2)N1.Cl. The van der Waals surface area contributed by atoms with Crippen molar-refractivity contribution in [1.29, 1.82) is 0 Å². The summed E-state index contributed by atoms with van der Waals surface area (Å²) in [6.45, 7) is 2.12. The maximum absolute atomic E-state index is 9.67. The van der Waals surface area contributed by atoms with Gasteiger partial charge in [-0.25, -0.2) is 0 Å². The highest BCUT2D eigenvalue weighted by molar-refractivity contribution is 5.85. The van der Waals surface area contributed by atoms with E-state index in [1.165, 1.54) is 5.56 Å². The van der Waals surface area contributed by atoms with Gasteiger partial charge in [0.15, 0.2) is 0 Å². The number of benzene rings is 1. The first-order valence-electron chi connectivity index (χ1n) is 5.25. The van der Waals surface area contributed by atoms with E-state index in [4.69, 9.17) is 0 Å². The van der Waals surface area contributed by atoms with Crippen molar-refractivity contribution >= 4 is 12.4 Å². The highest BCUT2D eigenvalue weighted by atomic mass is 35.5. The molecule has 84 valence electrons. The molecule has 15 heavy (non-hydrogen) atoms. The Bertz CT molecular complexity index is 281. The predicted molar refractivity (Wildman–Crippen MR) is 64.3 cm³/mol. The van der Waals surface area contributed by atoms with E-state index in [-0.39, 0.29) is 18.5 Å². The average Bonchev–Trinajstić information content (AvgIpc) is 2.18. The summed E-state index contributed by atoms with van der Waals surface area (Å²) in [7, 11) is 0. The number of halogens is 1. The molecule has 1 aromatic carbocycles. The molecule has 0 unspecified atom stereocenters. The van der Waals surface area contributed by atoms with Crippen LogP contribution in [0.5, 0.6) is 0 Å². The van der Waals surface area contributed by atoms with Crippen molar-refractivity contribution in [3.05, 3.63) is 35.9 Å². The van der Waals surface area contributed by atoms with E-state index < -0.39 is 0 Å². The molecule has 0 aliphatic carbocycles. The van der Waals surface area contributed by atoms with Crippen LogP contribution in [0.15, 0.2) is 30.3 Å². The zero-order valence-electron chi connectivity index (χ0n) is 8.89. The van der Waals surface area contributed by atoms with Crippen LogP contribution in [0.3, 0.4) is 0 Å². The zero-order chi connectivity index (χ0) is 9.97. The monoisotopic (exact) mass is 227 g/mol. The van der Waals surface area contributed by atoms with Crippen LogP contribution < -0.4 is 5.32 Å². The molecule has 3 heteroatoms. The first kappa shape index (κ1) is 12.5. The van der Waals surface area contributed by atoms with Gasteiger partial charge in [-0.15, -0.1) is 12.4 Å². The number of rotatable bonds is 1. The van der Waals surface area contributed by atoms with Crippen LogP contribution in [-0.4, -0.2) is 17.3 Å². The molecule has 1 aliphatic rings. The molecule has 0 bridgehead atoms. The lowest BCUT2D eigenvalue weighted by Crippen LogP contribution is -2.40. The molecule has 0 saturated carbocycles. The predicted octanol–water partition coefficient (Wildman–Crippen LogP) is 2.28. The Morgan fingerprint density at radius 3 is 2.47 bits per heavy atom. The minimum Gasteiger partial charge on any atom is -0.393 e. The Morgan fingerprint density at radius 1 is 1.20 bits per heavy atom. The molecular weight excluding hydrogens is 210 g/mol. The van der Waals surface area contributed by atoms with E-state index in [0.717, 1.165) is 12.8 Å². The van der Waals surface area contributed by atoms with Crippen molar-refractivity contribution in [3.8, 4) is 0 Å². The summed E-state index contributed by atoms with van der Waals surface area (Å²) in [4.78, 5) is 0. The molecule has 0 radical (unpaired) electrons. The third kappa shape index (κ3) is 3.20. The van der Waals surface area contributed by atoms with Crippen LogP contribution in [0.4, 0.5) is 0 Å². The van der Waals surface area contributed by atoms with Crippen LogP contribution in [0.2, 0.25) is 0 Å². The second-order valence-electron chi connectivity index (χ2n) is 4.16. The van der Waals surface area contributed by atoms with Crippen molar-refractivity contribution in [1.82, 2.24) is 5.32 Å². The second-order valence-corrected chi connectivity index (χ2v) is 4.16. The van der Waals surface area contributed by atoms with Crippen LogP contribution in [-0.2, 0) is 0 Å². The van der Waals surface area contributed by atoms with Gasteiger partial charge in [0, 0.05) is 12.1 Å². The number of piperidine rings is 1. The molecule has 1 aliphatic heterocycles. The molecule has 2 nitrogen and oxygen atoms in total. The van der Waals surface area contributed by atoms with Crippen molar-refractivity contribution in [2.75, 3.05) is 0 Å². The van der Waals surface area contributed by atoms with Gasteiger partial charge in [-0.05, 0) is 25.3 Å². The second kappa shape index (κ2) is 5.50. The summed E-state index contributed by atoms with van der Waals surface area (Å²) in [6.07, 6.45) is 1.54. The molecule has 1 fully saturated rings. The summed E-state index contributed by atoms with van der Waals surface area (Å²) < 4.78 is 0. The van der Waals surface area contributed by atoms with Crippen LogP contribution in [0, 0.1) is 0 Å². The molecule has 0 amide bonds. The van der Waals surface area contributed by atoms with Gasteiger partial charge in [0.1, 0.15) is 0 Å². The smallest absolute Gasteiger partial charge is 0.0573 e. The van der Waals surface area contributed by atoms with Gasteiger partial charge in [-0.2, -0.15) is 0 Å². The minimum absolute atomic E-state index is 0. The third-order valence-corrected chi connectivity index (χ3v) is 2.82. The molecule has 1 heterocycles. The largest absolute Gasteiger partial charge is 0.393 e. The molecule has 0 aromatic heterocycles. The van der Waals surface area contributed by atoms with Crippen molar-refractivity contribution in [3.63, 3.8) is 0 Å². The zero-order valence-corrected chi connectivity index (χ0v) is 9.70. The Hall–Kier alpha value is -0.570. The highest BCUT2D eigenvalue weighted by Gasteiger charge is 2.24. The topological polar surface area (TPSA) is 32.3 Å². The molecular formula is C12H18ClNO. The maximum Gasteiger partial charge on any atom is 0.0573 e. The van der Waals surface area contributed by atoms with Gasteiger partial charge in [0.05, 0.1) is 6.10 Å². The van der Waals surface area contributed by atoms with Crippen molar-refractivity contribution in [2.24, 2.45) is 0 Å². The fourth-order valence-electron chi connectivity index (χ4n) is 2.17. The van der Waals surface area contributed by atoms with E-state index in [9.17, 15) is 5.11 Å². The van der Waals surface area contributed by atoms with Gasteiger partial charge in [-0.1, -0.05) is 30.3 Å². The quantitative estimate of drug-likeness (QED) is 0.772. The molecule has 2 N–H and O–H groups in total. The van der Waals surface area contributed by atoms with Gasteiger partial charge >= 0.3 is 0 Å². The fourth-order valence-corrected chi connectivity index (χ4v) is 2.17. The summed E-state index contributed by atoms with van der Waals surface area (Å²) >= 11 is 0. The lowest BCUT2D eigenvalue weighted by Gasteiger charge is -2.32. The molecule has 1 saturated heterocycles. The van der Waals surface area contributed by atoms with E-state index in [1.54, 1.807) is 0 Å². The normalized spacial score (nSPS) is 30.7. The van der Waals surface area contributed by atoms with E-state index >= 15 is 0 Å². The third-order valence-electron chi connectivity index (χ3n) is 2.82. The average molecular weight is 228 g/mol. The van der Waals surface area contributed by atoms with E-state index in [0.29, 0.717) is 12.1 Å². The molecule has 3 atom stereocenters. The summed E-state index contributed by atoms with van der Waals surface area (Å²) in [6, 6.07) is 11.1. The van der Waals surface area contributed by atoms with Gasteiger partial charge in [-0.3, -0.25) is 0 Å². The van der Waals surface area contributed by atoms with Crippen LogP contribution >= 0.6 is 12.4 Å². The summed E-state index contributed by atoms with van der Waals surface area (Å²) in [5.41, 5.74) is 1.28. The maximum atomic E-state index is 9.67. The van der Waals surface area contributed by atoms with Gasteiger partial charge < -0.3 is 10.4 Å². The summed E-state index contributed by atoms with van der Waals surface area (Å²) in [5.74, 6) is 0. The Morgan fingerprint density at radius 2 is 1.87 bits per heavy atom.